The van der Waals surface area contributed by atoms with Gasteiger partial charge in [0.05, 0.1) is 0 Å². The van der Waals surface area contributed by atoms with Crippen molar-refractivity contribution in [3.05, 3.63) is 35.4 Å². The zero-order chi connectivity index (χ0) is 16.1. The minimum Gasteiger partial charge on any atom is -0.267 e. The number of nitrogens with one attached hydrogen (secondary N) is 1. The highest BCUT2D eigenvalue weighted by molar-refractivity contribution is 5.98. The first-order chi connectivity index (χ1) is 10.2. The quantitative estimate of drug-likeness (QED) is 0.827. The number of amides is 1. The topological polar surface area (TPSA) is 41.5 Å². The molecule has 2 aliphatic carbocycles. The molecule has 0 spiro atoms. The molecule has 2 atom stereocenters. The first kappa shape index (κ1) is 15.1. The molecule has 1 amide bonds. The molecule has 0 radical (unpaired) electrons. The van der Waals surface area contributed by atoms with Crippen LogP contribution in [0, 0.1) is 28.4 Å². The molecule has 118 valence electrons. The van der Waals surface area contributed by atoms with Crippen molar-refractivity contribution in [3.8, 4) is 0 Å². The Morgan fingerprint density at radius 1 is 1.23 bits per heavy atom. The highest BCUT2D eigenvalue weighted by Gasteiger charge is 2.59. The third kappa shape index (κ3) is 2.14. The van der Waals surface area contributed by atoms with Crippen LogP contribution in [-0.4, -0.2) is 11.6 Å². The fourth-order valence-corrected chi connectivity index (χ4v) is 3.97. The van der Waals surface area contributed by atoms with Crippen LogP contribution in [0.25, 0.3) is 0 Å². The molecule has 22 heavy (non-hydrogen) atoms. The monoisotopic (exact) mass is 306 g/mol. The smallest absolute Gasteiger partial charge is 0.267 e. The molecule has 0 aromatic heterocycles. The van der Waals surface area contributed by atoms with Gasteiger partial charge in [-0.15, -0.1) is 0 Å². The Hall–Kier alpha value is -1.78. The van der Waals surface area contributed by atoms with E-state index in [9.17, 15) is 13.6 Å². The molecule has 5 heteroatoms. The van der Waals surface area contributed by atoms with Gasteiger partial charge >= 0.3 is 0 Å². The first-order valence-corrected chi connectivity index (χ1v) is 7.57. The number of benzene rings is 1. The molecule has 0 heterocycles. The summed E-state index contributed by atoms with van der Waals surface area (Å²) in [6.07, 6.45) is 3.13. The standard InChI is InChI=1S/C17H20F2N2O/c1-16(2)11-4-5-17(16,3)14(8-11)20-21-15(22)10-6-12(18)9-13(19)7-10/h6-7,9,11H,4-5,8H2,1-3H3,(H,21,22)/b20-14+/t11-,17+/m1/s1. The molecule has 0 aliphatic heterocycles. The fraction of sp³-hybridized carbons (Fsp3) is 0.529. The number of nitrogens with zero attached hydrogens (tertiary/aromatic N) is 1. The summed E-state index contributed by atoms with van der Waals surface area (Å²) in [6.45, 7) is 6.68. The van der Waals surface area contributed by atoms with Crippen molar-refractivity contribution in [1.82, 2.24) is 5.43 Å². The Morgan fingerprint density at radius 3 is 2.36 bits per heavy atom. The summed E-state index contributed by atoms with van der Waals surface area (Å²) in [5, 5.41) is 4.28. The van der Waals surface area contributed by atoms with Gasteiger partial charge in [0.15, 0.2) is 0 Å². The van der Waals surface area contributed by atoms with E-state index in [2.05, 4.69) is 31.3 Å². The highest BCUT2D eigenvalue weighted by atomic mass is 19.1. The van der Waals surface area contributed by atoms with Crippen molar-refractivity contribution in [3.63, 3.8) is 0 Å². The molecule has 2 saturated carbocycles. The van der Waals surface area contributed by atoms with Crippen LogP contribution in [0.1, 0.15) is 50.4 Å². The van der Waals surface area contributed by atoms with Gasteiger partial charge in [-0.3, -0.25) is 4.79 Å². The summed E-state index contributed by atoms with van der Waals surface area (Å²) in [5.41, 5.74) is 3.54. The predicted molar refractivity (Wildman–Crippen MR) is 80.5 cm³/mol. The van der Waals surface area contributed by atoms with Crippen LogP contribution in [0.3, 0.4) is 0 Å². The lowest BCUT2D eigenvalue weighted by Gasteiger charge is -2.34. The maximum Gasteiger partial charge on any atom is 0.271 e. The van der Waals surface area contributed by atoms with Crippen LogP contribution in [0.2, 0.25) is 0 Å². The van der Waals surface area contributed by atoms with E-state index in [1.54, 1.807) is 0 Å². The van der Waals surface area contributed by atoms with Crippen LogP contribution < -0.4 is 5.43 Å². The lowest BCUT2D eigenvalue weighted by molar-refractivity contribution is 0.0953. The van der Waals surface area contributed by atoms with Crippen molar-refractivity contribution in [2.24, 2.45) is 21.8 Å². The maximum absolute atomic E-state index is 13.2. The lowest BCUT2D eigenvalue weighted by atomic mass is 9.70. The van der Waals surface area contributed by atoms with E-state index in [0.717, 1.165) is 36.8 Å². The molecule has 1 aromatic rings. The summed E-state index contributed by atoms with van der Waals surface area (Å²) in [4.78, 5) is 12.0. The number of hydrogen-bond donors (Lipinski definition) is 1. The number of halogens is 2. The molecular weight excluding hydrogens is 286 g/mol. The second-order valence-electron chi connectivity index (χ2n) is 7.15. The van der Waals surface area contributed by atoms with Crippen molar-refractivity contribution in [2.45, 2.75) is 40.0 Å². The molecular formula is C17H20F2N2O. The van der Waals surface area contributed by atoms with Gasteiger partial charge in [0.25, 0.3) is 5.91 Å². The normalized spacial score (nSPS) is 30.8. The van der Waals surface area contributed by atoms with Gasteiger partial charge in [-0.25, -0.2) is 14.2 Å². The van der Waals surface area contributed by atoms with Crippen LogP contribution in [0.15, 0.2) is 23.3 Å². The summed E-state index contributed by atoms with van der Waals surface area (Å²) in [6, 6.07) is 2.75. The number of rotatable bonds is 2. The van der Waals surface area contributed by atoms with Crippen LogP contribution >= 0.6 is 0 Å². The minimum absolute atomic E-state index is 0.0157. The average Bonchev–Trinajstić information content (AvgIpc) is 2.76. The van der Waals surface area contributed by atoms with Gasteiger partial charge in [0.2, 0.25) is 0 Å². The van der Waals surface area contributed by atoms with Crippen LogP contribution in [-0.2, 0) is 0 Å². The second kappa shape index (κ2) is 4.86. The predicted octanol–water partition coefficient (Wildman–Crippen LogP) is 3.90. The van der Waals surface area contributed by atoms with E-state index in [-0.39, 0.29) is 16.4 Å². The third-order valence-electron chi connectivity index (χ3n) is 5.93. The summed E-state index contributed by atoms with van der Waals surface area (Å²) in [7, 11) is 0. The van der Waals surface area contributed by atoms with Crippen molar-refractivity contribution in [2.75, 3.05) is 0 Å². The van der Waals surface area contributed by atoms with Gasteiger partial charge in [-0.05, 0) is 42.7 Å². The molecule has 2 aliphatic rings. The Kier molecular flexibility index (Phi) is 3.34. The number of hydrogen-bond acceptors (Lipinski definition) is 2. The Bertz CT molecular complexity index is 648. The zero-order valence-corrected chi connectivity index (χ0v) is 13.0. The van der Waals surface area contributed by atoms with Crippen molar-refractivity contribution in [1.29, 1.82) is 0 Å². The average molecular weight is 306 g/mol. The van der Waals surface area contributed by atoms with Gasteiger partial charge in [0.1, 0.15) is 11.6 Å². The van der Waals surface area contributed by atoms with Gasteiger partial charge in [-0.2, -0.15) is 5.10 Å². The largest absolute Gasteiger partial charge is 0.271 e. The van der Waals surface area contributed by atoms with Crippen LogP contribution in [0.4, 0.5) is 8.78 Å². The lowest BCUT2D eigenvalue weighted by Crippen LogP contribution is -2.34. The Labute approximate surface area is 128 Å². The Morgan fingerprint density at radius 2 is 1.86 bits per heavy atom. The zero-order valence-electron chi connectivity index (χ0n) is 13.0. The maximum atomic E-state index is 13.2. The molecule has 0 unspecified atom stereocenters. The summed E-state index contributed by atoms with van der Waals surface area (Å²) in [5.74, 6) is -1.55. The van der Waals surface area contributed by atoms with E-state index < -0.39 is 17.5 Å². The van der Waals surface area contributed by atoms with E-state index in [1.165, 1.54) is 6.42 Å². The Balaban J connectivity index is 1.79. The number of hydrazone groups is 1. The minimum atomic E-state index is -0.772. The van der Waals surface area contributed by atoms with E-state index in [1.807, 2.05) is 0 Å². The van der Waals surface area contributed by atoms with Gasteiger partial charge in [0, 0.05) is 22.8 Å². The van der Waals surface area contributed by atoms with Crippen molar-refractivity contribution >= 4 is 11.6 Å². The SMILES string of the molecule is CC1(C)[C@@H]2CC[C@@]1(C)/C(=N/NC(=O)c1cc(F)cc(F)c1)C2. The third-order valence-corrected chi connectivity index (χ3v) is 5.93. The molecule has 2 fully saturated rings. The number of carbonyl (C=O) groups is 1. The van der Waals surface area contributed by atoms with Crippen molar-refractivity contribution < 1.29 is 13.6 Å². The first-order valence-electron chi connectivity index (χ1n) is 7.57. The highest BCUT2D eigenvalue weighted by Crippen LogP contribution is 2.63. The molecule has 3 nitrogen and oxygen atoms in total. The van der Waals surface area contributed by atoms with E-state index >= 15 is 0 Å². The van der Waals surface area contributed by atoms with Gasteiger partial charge < -0.3 is 0 Å². The fourth-order valence-electron chi connectivity index (χ4n) is 3.97. The summed E-state index contributed by atoms with van der Waals surface area (Å²) < 4.78 is 26.3. The van der Waals surface area contributed by atoms with E-state index in [4.69, 9.17) is 0 Å². The molecule has 2 bridgehead atoms. The van der Waals surface area contributed by atoms with Gasteiger partial charge in [-0.1, -0.05) is 20.8 Å². The molecule has 0 saturated heterocycles. The molecule has 3 rings (SSSR count). The van der Waals surface area contributed by atoms with E-state index in [0.29, 0.717) is 5.92 Å². The van der Waals surface area contributed by atoms with Crippen LogP contribution in [0.5, 0.6) is 0 Å². The summed E-state index contributed by atoms with van der Waals surface area (Å²) >= 11 is 0. The number of fused-ring (bicyclic) bond motifs is 2. The molecule has 1 N–H and O–H groups in total. The number of carbonyl (C=O) groups excluding carboxylic acids is 1. The molecule has 1 aromatic carbocycles. The second-order valence-corrected chi connectivity index (χ2v) is 7.15.